The van der Waals surface area contributed by atoms with E-state index < -0.39 is 29.9 Å². The number of hydrogen-bond donors (Lipinski definition) is 0. The van der Waals surface area contributed by atoms with Gasteiger partial charge in [0, 0.05) is 0 Å². The van der Waals surface area contributed by atoms with Crippen LogP contribution in [0.25, 0.3) is 0 Å². The van der Waals surface area contributed by atoms with Crippen LogP contribution in [0.3, 0.4) is 0 Å². The Bertz CT molecular complexity index is 337. The predicted octanol–water partition coefficient (Wildman–Crippen LogP) is 0.883. The van der Waals surface area contributed by atoms with Gasteiger partial charge < -0.3 is 14.6 Å². The maximum Gasteiger partial charge on any atom is 0.410 e. The molecule has 0 aromatic heterocycles. The second-order valence-electron chi connectivity index (χ2n) is 4.10. The maximum absolute atomic E-state index is 13.0. The summed E-state index contributed by atoms with van der Waals surface area (Å²) in [4.78, 5) is 20.9. The average molecular weight is 271 g/mol. The summed E-state index contributed by atoms with van der Waals surface area (Å²) < 4.78 is 55.4. The molecule has 4 nitrogen and oxygen atoms in total. The number of aliphatic carboxylic acids is 1. The summed E-state index contributed by atoms with van der Waals surface area (Å²) in [5.74, 6) is -16.8. The van der Waals surface area contributed by atoms with E-state index in [1.165, 1.54) is 0 Å². The zero-order valence-electron chi connectivity index (χ0n) is 9.26. The van der Waals surface area contributed by atoms with E-state index in [2.05, 4.69) is 4.74 Å². The molecule has 18 heavy (non-hydrogen) atoms. The Morgan fingerprint density at radius 1 is 1.00 bits per heavy atom. The van der Waals surface area contributed by atoms with Gasteiger partial charge in [0.15, 0.2) is 0 Å². The lowest BCUT2D eigenvalue weighted by atomic mass is 9.98. The van der Waals surface area contributed by atoms with Gasteiger partial charge in [-0.1, -0.05) is 6.42 Å². The van der Waals surface area contributed by atoms with Crippen molar-refractivity contribution in [1.82, 2.24) is 0 Å². The average Bonchev–Trinajstić information content (AvgIpc) is 2.29. The van der Waals surface area contributed by atoms with Crippen molar-refractivity contribution in [2.75, 3.05) is 0 Å². The third-order valence-electron chi connectivity index (χ3n) is 2.73. The van der Waals surface area contributed by atoms with Gasteiger partial charge in [0.25, 0.3) is 0 Å². The van der Waals surface area contributed by atoms with E-state index in [9.17, 15) is 32.3 Å². The quantitative estimate of drug-likeness (QED) is 0.562. The number of alkyl halides is 4. The number of carboxylic acids is 1. The molecule has 0 amide bonds. The molecule has 1 rings (SSSR count). The molecule has 0 aromatic rings. The number of hydrogen-bond acceptors (Lipinski definition) is 4. The summed E-state index contributed by atoms with van der Waals surface area (Å²) in [7, 11) is 0. The van der Waals surface area contributed by atoms with E-state index in [4.69, 9.17) is 0 Å². The van der Waals surface area contributed by atoms with Crippen LogP contribution in [0.15, 0.2) is 0 Å². The normalized spacial score (nSPS) is 18.4. The van der Waals surface area contributed by atoms with Crippen LogP contribution in [-0.4, -0.2) is 29.9 Å². The number of halogens is 4. The Morgan fingerprint density at radius 2 is 1.50 bits per heavy atom. The Hall–Kier alpha value is -1.34. The molecule has 1 fully saturated rings. The molecular formula is C10H11F4O4-. The highest BCUT2D eigenvalue weighted by atomic mass is 19.3. The number of rotatable bonds is 4. The molecule has 1 aliphatic carbocycles. The molecule has 0 aromatic carbocycles. The molecule has 0 heterocycles. The lowest BCUT2D eigenvalue weighted by Gasteiger charge is -2.28. The molecule has 0 radical (unpaired) electrons. The van der Waals surface area contributed by atoms with Crippen LogP contribution >= 0.6 is 0 Å². The number of esters is 1. The molecule has 0 atom stereocenters. The monoisotopic (exact) mass is 271 g/mol. The van der Waals surface area contributed by atoms with Crippen molar-refractivity contribution in [2.24, 2.45) is 0 Å². The second-order valence-corrected chi connectivity index (χ2v) is 4.10. The number of carboxylic acid groups (broad SMARTS) is 1. The summed E-state index contributed by atoms with van der Waals surface area (Å²) >= 11 is 0. The van der Waals surface area contributed by atoms with Crippen molar-refractivity contribution < 1.29 is 37.0 Å². The van der Waals surface area contributed by atoms with Gasteiger partial charge in [-0.3, -0.25) is 0 Å². The first-order valence-electron chi connectivity index (χ1n) is 5.37. The number of carbonyl (C=O) groups excluding carboxylic acids is 2. The molecule has 0 unspecified atom stereocenters. The smallest absolute Gasteiger partial charge is 0.410 e. The standard InChI is InChI=1S/C10H12F4O4/c11-9(12,7(15)16)10(13,14)8(17)18-6-4-2-1-3-5-6/h6H,1-5H2,(H,15,16)/p-1. The summed E-state index contributed by atoms with van der Waals surface area (Å²) in [6.45, 7) is 0. The fourth-order valence-corrected chi connectivity index (χ4v) is 1.66. The molecule has 0 saturated heterocycles. The predicted molar refractivity (Wildman–Crippen MR) is 47.9 cm³/mol. The molecule has 0 spiro atoms. The highest BCUT2D eigenvalue weighted by Crippen LogP contribution is 2.36. The van der Waals surface area contributed by atoms with E-state index in [1.807, 2.05) is 0 Å². The molecule has 0 aliphatic heterocycles. The topological polar surface area (TPSA) is 66.4 Å². The Balaban J connectivity index is 2.72. The van der Waals surface area contributed by atoms with Crippen LogP contribution < -0.4 is 5.11 Å². The molecule has 1 aliphatic rings. The lowest BCUT2D eigenvalue weighted by molar-refractivity contribution is -0.346. The van der Waals surface area contributed by atoms with E-state index in [1.54, 1.807) is 0 Å². The van der Waals surface area contributed by atoms with Crippen molar-refractivity contribution in [2.45, 2.75) is 50.1 Å². The van der Waals surface area contributed by atoms with Crippen LogP contribution in [0.4, 0.5) is 17.6 Å². The second kappa shape index (κ2) is 5.11. The van der Waals surface area contributed by atoms with E-state index in [-0.39, 0.29) is 0 Å². The van der Waals surface area contributed by atoms with Gasteiger partial charge in [-0.25, -0.2) is 4.79 Å². The van der Waals surface area contributed by atoms with Crippen molar-refractivity contribution >= 4 is 11.9 Å². The fraction of sp³-hybridized carbons (Fsp3) is 0.800. The summed E-state index contributed by atoms with van der Waals surface area (Å²) in [6, 6.07) is 0. The van der Waals surface area contributed by atoms with Gasteiger partial charge in [-0.15, -0.1) is 0 Å². The number of carbonyl (C=O) groups is 2. The minimum Gasteiger partial charge on any atom is -0.544 e. The zero-order valence-corrected chi connectivity index (χ0v) is 9.26. The molecular weight excluding hydrogens is 260 g/mol. The van der Waals surface area contributed by atoms with Crippen LogP contribution in [0.1, 0.15) is 32.1 Å². The van der Waals surface area contributed by atoms with E-state index in [0.29, 0.717) is 25.7 Å². The lowest BCUT2D eigenvalue weighted by Crippen LogP contribution is -2.58. The van der Waals surface area contributed by atoms with Crippen LogP contribution in [0.2, 0.25) is 0 Å². The molecule has 1 saturated carbocycles. The third-order valence-corrected chi connectivity index (χ3v) is 2.73. The van der Waals surface area contributed by atoms with Gasteiger partial charge in [0.2, 0.25) is 0 Å². The first-order chi connectivity index (χ1) is 8.19. The Kier molecular flexibility index (Phi) is 4.18. The first-order valence-corrected chi connectivity index (χ1v) is 5.37. The fourth-order valence-electron chi connectivity index (χ4n) is 1.66. The summed E-state index contributed by atoms with van der Waals surface area (Å²) in [5, 5.41) is 9.92. The van der Waals surface area contributed by atoms with Gasteiger partial charge in [-0.2, -0.15) is 17.6 Å². The van der Waals surface area contributed by atoms with Gasteiger partial charge in [0.05, 0.1) is 0 Å². The van der Waals surface area contributed by atoms with Crippen molar-refractivity contribution in [1.29, 1.82) is 0 Å². The number of ether oxygens (including phenoxy) is 1. The Morgan fingerprint density at radius 3 is 1.94 bits per heavy atom. The minimum absolute atomic E-state index is 0.304. The van der Waals surface area contributed by atoms with Crippen LogP contribution in [0.5, 0.6) is 0 Å². The highest BCUT2D eigenvalue weighted by molar-refractivity contribution is 5.88. The molecule has 0 N–H and O–H groups in total. The maximum atomic E-state index is 13.0. The highest BCUT2D eigenvalue weighted by Gasteiger charge is 2.64. The largest absolute Gasteiger partial charge is 0.544 e. The van der Waals surface area contributed by atoms with Crippen molar-refractivity contribution in [3.8, 4) is 0 Å². The van der Waals surface area contributed by atoms with Gasteiger partial charge in [-0.05, 0) is 25.7 Å². The van der Waals surface area contributed by atoms with E-state index >= 15 is 0 Å². The minimum atomic E-state index is -5.58. The zero-order chi connectivity index (χ0) is 14.0. The Labute approximate surface area is 99.9 Å². The van der Waals surface area contributed by atoms with Gasteiger partial charge >= 0.3 is 17.8 Å². The van der Waals surface area contributed by atoms with Crippen molar-refractivity contribution in [3.63, 3.8) is 0 Å². The van der Waals surface area contributed by atoms with Crippen LogP contribution in [0, 0.1) is 0 Å². The third kappa shape index (κ3) is 2.73. The molecule has 8 heteroatoms. The van der Waals surface area contributed by atoms with Crippen molar-refractivity contribution in [3.05, 3.63) is 0 Å². The first kappa shape index (κ1) is 14.7. The summed E-state index contributed by atoms with van der Waals surface area (Å²) in [5.41, 5.74) is 0. The molecule has 104 valence electrons. The van der Waals surface area contributed by atoms with Gasteiger partial charge in [0.1, 0.15) is 12.1 Å². The summed E-state index contributed by atoms with van der Waals surface area (Å²) in [6.07, 6.45) is 1.87. The SMILES string of the molecule is O=C([O-])C(F)(F)C(F)(F)C(=O)OC1CCCCC1. The van der Waals surface area contributed by atoms with Crippen LogP contribution in [-0.2, 0) is 14.3 Å². The molecule has 0 bridgehead atoms. The van der Waals surface area contributed by atoms with E-state index in [0.717, 1.165) is 6.42 Å².